The van der Waals surface area contributed by atoms with Gasteiger partial charge in [-0.3, -0.25) is 4.79 Å². The van der Waals surface area contributed by atoms with E-state index in [9.17, 15) is 9.90 Å². The van der Waals surface area contributed by atoms with Crippen LogP contribution in [0.15, 0.2) is 57.5 Å². The van der Waals surface area contributed by atoms with Crippen LogP contribution in [0.3, 0.4) is 0 Å². The summed E-state index contributed by atoms with van der Waals surface area (Å²) in [5.41, 5.74) is 1.80. The summed E-state index contributed by atoms with van der Waals surface area (Å²) in [6.07, 6.45) is 0.465. The van der Waals surface area contributed by atoms with Gasteiger partial charge in [0.15, 0.2) is 0 Å². The van der Waals surface area contributed by atoms with Gasteiger partial charge in [-0.15, -0.1) is 0 Å². The van der Waals surface area contributed by atoms with Gasteiger partial charge in [0.1, 0.15) is 0 Å². The molecule has 0 aliphatic heterocycles. The monoisotopic (exact) mass is 382 g/mol. The van der Waals surface area contributed by atoms with E-state index in [0.717, 1.165) is 20.1 Å². The molecule has 2 aromatic carbocycles. The van der Waals surface area contributed by atoms with Gasteiger partial charge in [0.05, 0.1) is 5.92 Å². The minimum Gasteiger partial charge on any atom is -0.481 e. The maximum Gasteiger partial charge on any atom is 0.311 e. The van der Waals surface area contributed by atoms with Crippen LogP contribution in [0.25, 0.3) is 0 Å². The van der Waals surface area contributed by atoms with Gasteiger partial charge in [-0.1, -0.05) is 62.2 Å². The van der Waals surface area contributed by atoms with Crippen molar-refractivity contribution in [3.63, 3.8) is 0 Å². The van der Waals surface area contributed by atoms with E-state index in [1.807, 2.05) is 48.5 Å². The van der Waals surface area contributed by atoms with E-state index in [2.05, 4.69) is 31.9 Å². The molecule has 2 aromatic rings. The van der Waals surface area contributed by atoms with Crippen molar-refractivity contribution in [1.82, 2.24) is 0 Å². The van der Waals surface area contributed by atoms with Gasteiger partial charge in [-0.25, -0.2) is 0 Å². The fourth-order valence-corrected chi connectivity index (χ4v) is 2.82. The zero-order valence-corrected chi connectivity index (χ0v) is 13.2. The van der Waals surface area contributed by atoms with Crippen molar-refractivity contribution < 1.29 is 9.90 Å². The zero-order chi connectivity index (χ0) is 13.8. The molecule has 1 unspecified atom stereocenters. The molecule has 98 valence electrons. The molecule has 0 spiro atoms. The van der Waals surface area contributed by atoms with Crippen LogP contribution in [0.4, 0.5) is 0 Å². The van der Waals surface area contributed by atoms with Crippen LogP contribution in [-0.2, 0) is 11.2 Å². The van der Waals surface area contributed by atoms with Gasteiger partial charge in [-0.05, 0) is 35.7 Å². The van der Waals surface area contributed by atoms with E-state index in [1.54, 1.807) is 0 Å². The molecule has 19 heavy (non-hydrogen) atoms. The van der Waals surface area contributed by atoms with Crippen LogP contribution in [0.5, 0.6) is 0 Å². The molecule has 0 aromatic heterocycles. The van der Waals surface area contributed by atoms with Gasteiger partial charge in [0.2, 0.25) is 0 Å². The summed E-state index contributed by atoms with van der Waals surface area (Å²) >= 11 is 6.84. The SMILES string of the molecule is O=C(O)C(Cc1ccccc1Br)c1cccc(Br)c1. The third-order valence-electron chi connectivity index (χ3n) is 2.93. The molecule has 0 radical (unpaired) electrons. The van der Waals surface area contributed by atoms with Crippen molar-refractivity contribution in [3.05, 3.63) is 68.6 Å². The highest BCUT2D eigenvalue weighted by molar-refractivity contribution is 9.10. The minimum absolute atomic E-state index is 0.465. The lowest BCUT2D eigenvalue weighted by atomic mass is 9.92. The first-order chi connectivity index (χ1) is 9.08. The largest absolute Gasteiger partial charge is 0.481 e. The van der Waals surface area contributed by atoms with Crippen LogP contribution in [0.1, 0.15) is 17.0 Å². The van der Waals surface area contributed by atoms with Crippen LogP contribution in [0.2, 0.25) is 0 Å². The Hall–Kier alpha value is -1.13. The first kappa shape index (κ1) is 14.3. The van der Waals surface area contributed by atoms with Gasteiger partial charge in [0.25, 0.3) is 0 Å². The summed E-state index contributed by atoms with van der Waals surface area (Å²) in [7, 11) is 0. The number of benzene rings is 2. The summed E-state index contributed by atoms with van der Waals surface area (Å²) in [6, 6.07) is 15.2. The van der Waals surface area contributed by atoms with Crippen LogP contribution in [0, 0.1) is 0 Å². The Morgan fingerprint density at radius 2 is 1.84 bits per heavy atom. The Morgan fingerprint density at radius 1 is 1.11 bits per heavy atom. The lowest BCUT2D eigenvalue weighted by Gasteiger charge is -2.14. The van der Waals surface area contributed by atoms with Crippen LogP contribution < -0.4 is 0 Å². The number of aliphatic carboxylic acids is 1. The zero-order valence-electron chi connectivity index (χ0n) is 10.0. The first-order valence-corrected chi connectivity index (χ1v) is 7.38. The quantitative estimate of drug-likeness (QED) is 0.836. The molecule has 0 bridgehead atoms. The highest BCUT2D eigenvalue weighted by Gasteiger charge is 2.21. The highest BCUT2D eigenvalue weighted by Crippen LogP contribution is 2.27. The van der Waals surface area contributed by atoms with Crippen molar-refractivity contribution in [3.8, 4) is 0 Å². The summed E-state index contributed by atoms with van der Waals surface area (Å²) in [5.74, 6) is -1.36. The van der Waals surface area contributed by atoms with Crippen molar-refractivity contribution in [1.29, 1.82) is 0 Å². The highest BCUT2D eigenvalue weighted by atomic mass is 79.9. The van der Waals surface area contributed by atoms with Crippen molar-refractivity contribution in [2.45, 2.75) is 12.3 Å². The van der Waals surface area contributed by atoms with Crippen LogP contribution in [-0.4, -0.2) is 11.1 Å². The molecular formula is C15H12Br2O2. The summed E-state index contributed by atoms with van der Waals surface area (Å²) in [4.78, 5) is 11.5. The number of carboxylic acid groups (broad SMARTS) is 1. The van der Waals surface area contributed by atoms with Crippen molar-refractivity contribution in [2.24, 2.45) is 0 Å². The molecule has 2 nitrogen and oxygen atoms in total. The average molecular weight is 384 g/mol. The smallest absolute Gasteiger partial charge is 0.311 e. The Kier molecular flexibility index (Phi) is 4.77. The Morgan fingerprint density at radius 3 is 2.47 bits per heavy atom. The first-order valence-electron chi connectivity index (χ1n) is 5.79. The second-order valence-corrected chi connectivity index (χ2v) is 6.01. The number of carbonyl (C=O) groups is 1. The topological polar surface area (TPSA) is 37.3 Å². The predicted molar refractivity (Wildman–Crippen MR) is 82.4 cm³/mol. The molecule has 0 heterocycles. The van der Waals surface area contributed by atoms with Crippen LogP contribution >= 0.6 is 31.9 Å². The van der Waals surface area contributed by atoms with E-state index in [-0.39, 0.29) is 0 Å². The molecule has 0 aliphatic carbocycles. The molecule has 4 heteroatoms. The van der Waals surface area contributed by atoms with Gasteiger partial charge < -0.3 is 5.11 Å². The molecule has 0 fully saturated rings. The fourth-order valence-electron chi connectivity index (χ4n) is 1.95. The standard InChI is InChI=1S/C15H12Br2O2/c16-12-6-3-5-10(8-12)13(15(18)19)9-11-4-1-2-7-14(11)17/h1-8,13H,9H2,(H,18,19). The maximum absolute atomic E-state index is 11.5. The van der Waals surface area contributed by atoms with E-state index >= 15 is 0 Å². The van der Waals surface area contributed by atoms with E-state index in [1.165, 1.54) is 0 Å². The molecule has 0 amide bonds. The number of hydrogen-bond donors (Lipinski definition) is 1. The molecule has 0 saturated carbocycles. The number of hydrogen-bond acceptors (Lipinski definition) is 1. The minimum atomic E-state index is -0.811. The normalized spacial score (nSPS) is 12.1. The molecular weight excluding hydrogens is 372 g/mol. The number of halogens is 2. The third kappa shape index (κ3) is 3.67. The van der Waals surface area contributed by atoms with Gasteiger partial charge in [0, 0.05) is 8.95 Å². The summed E-state index contributed by atoms with van der Waals surface area (Å²) < 4.78 is 1.83. The number of rotatable bonds is 4. The Bertz CT molecular complexity index is 596. The van der Waals surface area contributed by atoms with E-state index in [4.69, 9.17) is 0 Å². The number of carboxylic acids is 1. The third-order valence-corrected chi connectivity index (χ3v) is 4.20. The molecule has 1 N–H and O–H groups in total. The lowest BCUT2D eigenvalue weighted by Crippen LogP contribution is -2.14. The van der Waals surface area contributed by atoms with E-state index in [0.29, 0.717) is 6.42 Å². The fraction of sp³-hybridized carbons (Fsp3) is 0.133. The van der Waals surface area contributed by atoms with E-state index < -0.39 is 11.9 Å². The second kappa shape index (κ2) is 6.35. The molecule has 0 aliphatic rings. The Labute approximate surface area is 128 Å². The molecule has 2 rings (SSSR count). The molecule has 1 atom stereocenters. The Balaban J connectivity index is 2.32. The predicted octanol–water partition coefficient (Wildman–Crippen LogP) is 4.62. The summed E-state index contributed by atoms with van der Waals surface area (Å²) in [6.45, 7) is 0. The van der Waals surface area contributed by atoms with Crippen molar-refractivity contribution >= 4 is 37.8 Å². The maximum atomic E-state index is 11.5. The average Bonchev–Trinajstić information content (AvgIpc) is 2.37. The lowest BCUT2D eigenvalue weighted by molar-refractivity contribution is -0.138. The summed E-state index contributed by atoms with van der Waals surface area (Å²) in [5, 5.41) is 9.44. The van der Waals surface area contributed by atoms with Gasteiger partial charge in [-0.2, -0.15) is 0 Å². The van der Waals surface area contributed by atoms with Gasteiger partial charge >= 0.3 is 5.97 Å². The second-order valence-electron chi connectivity index (χ2n) is 4.24. The molecule has 0 saturated heterocycles. The van der Waals surface area contributed by atoms with Crippen molar-refractivity contribution in [2.75, 3.05) is 0 Å².